The number of hydrogen-bond donors (Lipinski definition) is 0. The molecule has 2 aromatic rings. The first-order valence-corrected chi connectivity index (χ1v) is 11.6. The minimum atomic E-state index is -0.568. The molecular formula is C27H24O4. The standard InChI is InChI=1S/C27H24O4/c1-12-11-13(2)31-25(29)27-21-17-10-6-4-8-15(17)18-20-16-9-5-3-7-14(16)19(21)23(27)26(20,22(18)27)24(28)30-12/h3-10,12-13,18-23H,11H2,1-2H3/t12-,13-,18?,19?,20?,21?,22?,23?,26?,27?/m0/s1. The van der Waals surface area contributed by atoms with Crippen LogP contribution in [-0.2, 0) is 19.1 Å². The van der Waals surface area contributed by atoms with Crippen LogP contribution in [0, 0.1) is 22.7 Å². The van der Waals surface area contributed by atoms with Crippen molar-refractivity contribution < 1.29 is 19.1 Å². The van der Waals surface area contributed by atoms with Gasteiger partial charge in [0.05, 0.1) is 10.8 Å². The van der Waals surface area contributed by atoms with Crippen LogP contribution in [0.2, 0.25) is 0 Å². The van der Waals surface area contributed by atoms with E-state index >= 15 is 0 Å². The van der Waals surface area contributed by atoms with Crippen molar-refractivity contribution in [2.24, 2.45) is 22.7 Å². The van der Waals surface area contributed by atoms with Crippen LogP contribution in [0.4, 0.5) is 0 Å². The van der Waals surface area contributed by atoms with E-state index in [9.17, 15) is 9.59 Å². The Bertz CT molecular complexity index is 1110. The summed E-state index contributed by atoms with van der Waals surface area (Å²) in [4.78, 5) is 27.8. The van der Waals surface area contributed by atoms with E-state index in [2.05, 4.69) is 48.5 Å². The summed E-state index contributed by atoms with van der Waals surface area (Å²) in [5.74, 6) is 0.406. The average Bonchev–Trinajstić information content (AvgIpc) is 2.68. The van der Waals surface area contributed by atoms with Crippen molar-refractivity contribution in [3.63, 3.8) is 0 Å². The number of carbonyl (C=O) groups is 2. The zero-order valence-corrected chi connectivity index (χ0v) is 17.6. The zero-order valence-electron chi connectivity index (χ0n) is 17.6. The molecule has 5 aliphatic carbocycles. The quantitative estimate of drug-likeness (QED) is 0.607. The van der Waals surface area contributed by atoms with E-state index in [-0.39, 0.29) is 59.7 Å². The fraction of sp³-hybridized carbons (Fsp3) is 0.481. The third kappa shape index (κ3) is 1.42. The molecule has 4 unspecified atom stereocenters. The zero-order chi connectivity index (χ0) is 20.9. The lowest BCUT2D eigenvalue weighted by Crippen LogP contribution is -2.91. The Morgan fingerprint density at radius 2 is 1.06 bits per heavy atom. The maximum Gasteiger partial charge on any atom is 0.313 e. The lowest BCUT2D eigenvalue weighted by molar-refractivity contribution is -0.365. The molecule has 5 fully saturated rings. The van der Waals surface area contributed by atoms with Gasteiger partial charge in [-0.1, -0.05) is 48.5 Å². The third-order valence-electron chi connectivity index (χ3n) is 9.89. The largest absolute Gasteiger partial charge is 0.462 e. The summed E-state index contributed by atoms with van der Waals surface area (Å²) in [7, 11) is 0. The van der Waals surface area contributed by atoms with Gasteiger partial charge in [0.1, 0.15) is 12.2 Å². The molecule has 0 amide bonds. The molecule has 2 heterocycles. The molecule has 2 spiro atoms. The van der Waals surface area contributed by atoms with Gasteiger partial charge >= 0.3 is 11.9 Å². The molecule has 9 rings (SSSR count). The van der Waals surface area contributed by atoms with Crippen molar-refractivity contribution in [2.45, 2.75) is 56.1 Å². The molecule has 156 valence electrons. The van der Waals surface area contributed by atoms with Crippen LogP contribution in [0.15, 0.2) is 48.5 Å². The number of esters is 2. The molecule has 4 heteroatoms. The summed E-state index contributed by atoms with van der Waals surface area (Å²) >= 11 is 0. The van der Waals surface area contributed by atoms with E-state index in [1.807, 2.05) is 13.8 Å². The highest BCUT2D eigenvalue weighted by molar-refractivity contribution is 5.97. The number of rotatable bonds is 0. The molecule has 2 bridgehead atoms. The van der Waals surface area contributed by atoms with E-state index in [0.29, 0.717) is 6.42 Å². The van der Waals surface area contributed by atoms with E-state index in [1.54, 1.807) is 0 Å². The van der Waals surface area contributed by atoms with Crippen molar-refractivity contribution in [1.82, 2.24) is 0 Å². The fourth-order valence-corrected chi connectivity index (χ4v) is 9.50. The molecule has 2 saturated heterocycles. The molecule has 4 nitrogen and oxygen atoms in total. The molecule has 2 aliphatic heterocycles. The number of hydrogen-bond acceptors (Lipinski definition) is 4. The normalized spacial score (nSPS) is 49.1. The van der Waals surface area contributed by atoms with Gasteiger partial charge in [0.25, 0.3) is 0 Å². The number of ether oxygens (including phenoxy) is 2. The van der Waals surface area contributed by atoms with Gasteiger partial charge in [-0.15, -0.1) is 0 Å². The van der Waals surface area contributed by atoms with Gasteiger partial charge in [0.2, 0.25) is 0 Å². The van der Waals surface area contributed by atoms with Crippen LogP contribution in [-0.4, -0.2) is 24.1 Å². The van der Waals surface area contributed by atoms with E-state index < -0.39 is 10.8 Å². The predicted octanol–water partition coefficient (Wildman–Crippen LogP) is 4.26. The summed E-state index contributed by atoms with van der Waals surface area (Å²) in [5.41, 5.74) is 4.15. The van der Waals surface area contributed by atoms with Gasteiger partial charge in [-0.2, -0.15) is 0 Å². The van der Waals surface area contributed by atoms with Gasteiger partial charge in [0.15, 0.2) is 0 Å². The summed E-state index contributed by atoms with van der Waals surface area (Å²) in [5, 5.41) is 0. The predicted molar refractivity (Wildman–Crippen MR) is 111 cm³/mol. The SMILES string of the molecule is C[C@H]1C[C@H](C)OC(=O)C23C4c5ccccc5C5C6c7ccccc7C4C2C6(C(=O)O1)C53. The summed E-state index contributed by atoms with van der Waals surface area (Å²) < 4.78 is 12.2. The highest BCUT2D eigenvalue weighted by Crippen LogP contribution is 2.99. The lowest BCUT2D eigenvalue weighted by atomic mass is 9.09. The van der Waals surface area contributed by atoms with Crippen molar-refractivity contribution in [3.05, 3.63) is 70.8 Å². The molecule has 6 atom stereocenters. The van der Waals surface area contributed by atoms with Gasteiger partial charge in [-0.05, 0) is 47.9 Å². The average molecular weight is 412 g/mol. The first-order valence-electron chi connectivity index (χ1n) is 11.6. The maximum absolute atomic E-state index is 13.9. The van der Waals surface area contributed by atoms with E-state index in [1.165, 1.54) is 22.3 Å². The second-order valence-corrected chi connectivity index (χ2v) is 10.8. The molecular weight excluding hydrogens is 388 g/mol. The van der Waals surface area contributed by atoms with Crippen LogP contribution in [0.3, 0.4) is 0 Å². The topological polar surface area (TPSA) is 52.6 Å². The van der Waals surface area contributed by atoms with Crippen LogP contribution in [0.25, 0.3) is 0 Å². The molecule has 0 radical (unpaired) electrons. The van der Waals surface area contributed by atoms with E-state index in [0.717, 1.165) is 0 Å². The first-order chi connectivity index (χ1) is 15.0. The van der Waals surface area contributed by atoms with Crippen molar-refractivity contribution in [3.8, 4) is 0 Å². The Balaban J connectivity index is 1.46. The van der Waals surface area contributed by atoms with Crippen LogP contribution < -0.4 is 0 Å². The Kier molecular flexibility index (Phi) is 2.68. The second-order valence-electron chi connectivity index (χ2n) is 10.8. The van der Waals surface area contributed by atoms with Gasteiger partial charge in [-0.25, -0.2) is 0 Å². The fourth-order valence-electron chi connectivity index (χ4n) is 9.50. The van der Waals surface area contributed by atoms with Crippen LogP contribution in [0.1, 0.15) is 66.2 Å². The Labute approximate surface area is 180 Å². The third-order valence-corrected chi connectivity index (χ3v) is 9.89. The minimum absolute atomic E-state index is 0.00277. The van der Waals surface area contributed by atoms with Gasteiger partial charge in [-0.3, -0.25) is 9.59 Å². The number of benzene rings is 2. The van der Waals surface area contributed by atoms with Crippen LogP contribution in [0.5, 0.6) is 0 Å². The lowest BCUT2D eigenvalue weighted by Gasteiger charge is -2.90. The summed E-state index contributed by atoms with van der Waals surface area (Å²) in [6.45, 7) is 3.85. The molecule has 31 heavy (non-hydrogen) atoms. The summed E-state index contributed by atoms with van der Waals surface area (Å²) in [6.07, 6.45) is 0.0450. The minimum Gasteiger partial charge on any atom is -0.462 e. The van der Waals surface area contributed by atoms with Crippen LogP contribution >= 0.6 is 0 Å². The monoisotopic (exact) mass is 412 g/mol. The second kappa shape index (κ2) is 4.90. The maximum atomic E-state index is 13.9. The smallest absolute Gasteiger partial charge is 0.313 e. The van der Waals surface area contributed by atoms with Crippen molar-refractivity contribution in [1.29, 1.82) is 0 Å². The molecule has 3 saturated carbocycles. The number of carbonyl (C=O) groups excluding carboxylic acids is 2. The Hall–Kier alpha value is -2.62. The Morgan fingerprint density at radius 1 is 0.677 bits per heavy atom. The molecule has 0 aromatic heterocycles. The summed E-state index contributed by atoms with van der Waals surface area (Å²) in [6, 6.07) is 17.3. The highest BCUT2D eigenvalue weighted by Gasteiger charge is 2.99. The first kappa shape index (κ1) is 17.0. The Morgan fingerprint density at radius 3 is 1.48 bits per heavy atom. The molecule has 0 N–H and O–H groups in total. The van der Waals surface area contributed by atoms with Crippen molar-refractivity contribution >= 4 is 11.9 Å². The molecule has 2 aromatic carbocycles. The number of fused-ring (bicyclic) bond motifs is 14. The van der Waals surface area contributed by atoms with Gasteiger partial charge < -0.3 is 9.47 Å². The van der Waals surface area contributed by atoms with E-state index in [4.69, 9.17) is 9.47 Å². The van der Waals surface area contributed by atoms with Gasteiger partial charge in [0, 0.05) is 30.1 Å². The highest BCUT2D eigenvalue weighted by atomic mass is 16.6. The van der Waals surface area contributed by atoms with Crippen molar-refractivity contribution in [2.75, 3.05) is 0 Å². The molecule has 7 aliphatic rings.